The molecule has 0 unspecified atom stereocenters. The number of benzene rings is 1. The Kier molecular flexibility index (Phi) is 3.47. The van der Waals surface area contributed by atoms with Crippen molar-refractivity contribution in [2.45, 2.75) is 12.6 Å². The van der Waals surface area contributed by atoms with E-state index in [-0.39, 0.29) is 18.1 Å². The van der Waals surface area contributed by atoms with Crippen LogP contribution < -0.4 is 0 Å². The predicted molar refractivity (Wildman–Crippen MR) is 62.2 cm³/mol. The van der Waals surface area contributed by atoms with Crippen molar-refractivity contribution in [3.8, 4) is 0 Å². The number of aromatic carboxylic acids is 1. The minimum absolute atomic E-state index is 0.0701. The van der Waals surface area contributed by atoms with Crippen LogP contribution in [-0.2, 0) is 19.6 Å². The topological polar surface area (TPSA) is 68.0 Å². The van der Waals surface area contributed by atoms with E-state index in [4.69, 9.17) is 5.11 Å². The smallest absolute Gasteiger partial charge is 0.416 e. The molecule has 0 aliphatic rings. The minimum Gasteiger partial charge on any atom is -0.475 e. The summed E-state index contributed by atoms with van der Waals surface area (Å²) in [6.07, 6.45) is -4.34. The highest BCUT2D eigenvalue weighted by Crippen LogP contribution is 2.29. The fraction of sp³-hybridized carbons (Fsp3) is 0.250. The lowest BCUT2D eigenvalue weighted by Crippen LogP contribution is -2.09. The molecule has 2 rings (SSSR count). The molecule has 106 valence electrons. The first-order valence-corrected chi connectivity index (χ1v) is 5.56. The molecule has 0 fully saturated rings. The summed E-state index contributed by atoms with van der Waals surface area (Å²) in [5, 5.41) is 16.0. The van der Waals surface area contributed by atoms with E-state index < -0.39 is 17.7 Å². The normalized spacial score (nSPS) is 11.6. The van der Waals surface area contributed by atoms with Gasteiger partial charge in [-0.15, -0.1) is 10.2 Å². The van der Waals surface area contributed by atoms with Crippen LogP contribution >= 0.6 is 0 Å². The van der Waals surface area contributed by atoms with Gasteiger partial charge in [0.2, 0.25) is 5.82 Å². The lowest BCUT2D eigenvalue weighted by molar-refractivity contribution is -0.137. The molecule has 0 amide bonds. The standard InChI is InChI=1S/C12H10F3N3O2/c1-18-9(16-17-10(18)11(19)20)6-7-3-2-4-8(5-7)12(13,14)15/h2-5H,6H2,1H3,(H,19,20). The molecule has 2 aromatic rings. The Morgan fingerprint density at radius 3 is 2.60 bits per heavy atom. The second kappa shape index (κ2) is 4.95. The van der Waals surface area contributed by atoms with E-state index in [0.717, 1.165) is 12.1 Å². The van der Waals surface area contributed by atoms with Crippen LogP contribution in [0.25, 0.3) is 0 Å². The molecule has 8 heteroatoms. The number of carboxylic acids is 1. The maximum atomic E-state index is 12.6. The van der Waals surface area contributed by atoms with Crippen molar-refractivity contribution in [2.75, 3.05) is 0 Å². The van der Waals surface area contributed by atoms with E-state index in [1.54, 1.807) is 0 Å². The van der Waals surface area contributed by atoms with Crippen LogP contribution in [0.2, 0.25) is 0 Å². The van der Waals surface area contributed by atoms with Crippen LogP contribution in [0, 0.1) is 0 Å². The molecule has 0 bridgehead atoms. The maximum absolute atomic E-state index is 12.6. The van der Waals surface area contributed by atoms with Gasteiger partial charge >= 0.3 is 12.1 Å². The summed E-state index contributed by atoms with van der Waals surface area (Å²) < 4.78 is 39.0. The molecule has 0 saturated heterocycles. The molecule has 1 aromatic heterocycles. The average Bonchev–Trinajstić information content (AvgIpc) is 2.70. The number of rotatable bonds is 3. The fourth-order valence-electron chi connectivity index (χ4n) is 1.74. The van der Waals surface area contributed by atoms with Crippen LogP contribution in [0.1, 0.15) is 27.6 Å². The van der Waals surface area contributed by atoms with Gasteiger partial charge in [0.25, 0.3) is 0 Å². The van der Waals surface area contributed by atoms with Crippen molar-refractivity contribution in [1.82, 2.24) is 14.8 Å². The molecule has 0 aliphatic heterocycles. The Labute approximate surface area is 111 Å². The van der Waals surface area contributed by atoms with Gasteiger partial charge < -0.3 is 9.67 Å². The number of halogens is 3. The lowest BCUT2D eigenvalue weighted by Gasteiger charge is -2.08. The predicted octanol–water partition coefficient (Wildman–Crippen LogP) is 2.12. The van der Waals surface area contributed by atoms with Gasteiger partial charge in [-0.1, -0.05) is 18.2 Å². The Hall–Kier alpha value is -2.38. The van der Waals surface area contributed by atoms with Crippen LogP contribution in [0.15, 0.2) is 24.3 Å². The monoisotopic (exact) mass is 285 g/mol. The summed E-state index contributed by atoms with van der Waals surface area (Å²) in [5.41, 5.74) is -0.372. The maximum Gasteiger partial charge on any atom is 0.416 e. The van der Waals surface area contributed by atoms with Crippen LogP contribution in [0.4, 0.5) is 13.2 Å². The van der Waals surface area contributed by atoms with Crippen LogP contribution in [0.3, 0.4) is 0 Å². The third-order valence-electron chi connectivity index (χ3n) is 2.77. The SMILES string of the molecule is Cn1c(Cc2cccc(C(F)(F)F)c2)nnc1C(=O)O. The van der Waals surface area contributed by atoms with Gasteiger partial charge in [-0.2, -0.15) is 13.2 Å². The highest BCUT2D eigenvalue weighted by atomic mass is 19.4. The number of hydrogen-bond donors (Lipinski definition) is 1. The molecular formula is C12H10F3N3O2. The van der Waals surface area contributed by atoms with Gasteiger partial charge in [0.1, 0.15) is 5.82 Å². The molecule has 0 spiro atoms. The van der Waals surface area contributed by atoms with Gasteiger partial charge in [-0.25, -0.2) is 4.79 Å². The zero-order chi connectivity index (χ0) is 14.9. The van der Waals surface area contributed by atoms with Crippen LogP contribution in [0.5, 0.6) is 0 Å². The number of carbonyl (C=O) groups is 1. The largest absolute Gasteiger partial charge is 0.475 e. The van der Waals surface area contributed by atoms with Gasteiger partial charge in [0.15, 0.2) is 0 Å². The molecule has 5 nitrogen and oxygen atoms in total. The quantitative estimate of drug-likeness (QED) is 0.938. The number of nitrogens with zero attached hydrogens (tertiary/aromatic N) is 3. The molecule has 1 heterocycles. The summed E-state index contributed by atoms with van der Waals surface area (Å²) in [6, 6.07) is 4.80. The van der Waals surface area contributed by atoms with E-state index in [1.807, 2.05) is 0 Å². The first kappa shape index (κ1) is 14.0. The molecule has 20 heavy (non-hydrogen) atoms. The molecule has 0 aliphatic carbocycles. The summed E-state index contributed by atoms with van der Waals surface area (Å²) in [7, 11) is 1.45. The summed E-state index contributed by atoms with van der Waals surface area (Å²) in [4.78, 5) is 10.8. The Morgan fingerprint density at radius 2 is 2.05 bits per heavy atom. The first-order valence-electron chi connectivity index (χ1n) is 5.56. The fourth-order valence-corrected chi connectivity index (χ4v) is 1.74. The second-order valence-electron chi connectivity index (χ2n) is 4.18. The lowest BCUT2D eigenvalue weighted by atomic mass is 10.1. The van der Waals surface area contributed by atoms with Gasteiger partial charge in [0, 0.05) is 13.5 Å². The highest BCUT2D eigenvalue weighted by Gasteiger charge is 2.30. The van der Waals surface area contributed by atoms with Crippen molar-refractivity contribution < 1.29 is 23.1 Å². The van der Waals surface area contributed by atoms with E-state index in [9.17, 15) is 18.0 Å². The van der Waals surface area contributed by atoms with E-state index >= 15 is 0 Å². The van der Waals surface area contributed by atoms with Crippen LogP contribution in [-0.4, -0.2) is 25.8 Å². The number of alkyl halides is 3. The number of carboxylic acid groups (broad SMARTS) is 1. The molecule has 0 saturated carbocycles. The molecular weight excluding hydrogens is 275 g/mol. The Balaban J connectivity index is 2.29. The van der Waals surface area contributed by atoms with E-state index in [2.05, 4.69) is 10.2 Å². The average molecular weight is 285 g/mol. The Bertz CT molecular complexity index is 650. The van der Waals surface area contributed by atoms with Crippen molar-refractivity contribution in [1.29, 1.82) is 0 Å². The van der Waals surface area contributed by atoms with Gasteiger partial charge in [0.05, 0.1) is 5.56 Å². The zero-order valence-electron chi connectivity index (χ0n) is 10.3. The third kappa shape index (κ3) is 2.79. The Morgan fingerprint density at radius 1 is 1.35 bits per heavy atom. The summed E-state index contributed by atoms with van der Waals surface area (Å²) in [5.74, 6) is -1.22. The zero-order valence-corrected chi connectivity index (χ0v) is 10.3. The number of hydrogen-bond acceptors (Lipinski definition) is 3. The third-order valence-corrected chi connectivity index (χ3v) is 2.77. The van der Waals surface area contributed by atoms with Crippen molar-refractivity contribution in [2.24, 2.45) is 7.05 Å². The van der Waals surface area contributed by atoms with Crippen molar-refractivity contribution in [3.05, 3.63) is 47.0 Å². The van der Waals surface area contributed by atoms with Crippen molar-refractivity contribution >= 4 is 5.97 Å². The minimum atomic E-state index is -4.41. The van der Waals surface area contributed by atoms with Gasteiger partial charge in [-0.3, -0.25) is 0 Å². The molecule has 0 atom stereocenters. The number of aromatic nitrogens is 3. The van der Waals surface area contributed by atoms with E-state index in [0.29, 0.717) is 5.56 Å². The second-order valence-corrected chi connectivity index (χ2v) is 4.18. The highest BCUT2D eigenvalue weighted by molar-refractivity contribution is 5.83. The van der Waals surface area contributed by atoms with E-state index in [1.165, 1.54) is 23.7 Å². The summed E-state index contributed by atoms with van der Waals surface area (Å²) >= 11 is 0. The van der Waals surface area contributed by atoms with Crippen molar-refractivity contribution in [3.63, 3.8) is 0 Å². The molecule has 1 aromatic carbocycles. The van der Waals surface area contributed by atoms with Gasteiger partial charge in [-0.05, 0) is 11.6 Å². The first-order chi connectivity index (χ1) is 9.29. The molecule has 0 radical (unpaired) electrons. The molecule has 1 N–H and O–H groups in total. The summed E-state index contributed by atoms with van der Waals surface area (Å²) in [6.45, 7) is 0.